The molecule has 3 nitrogen and oxygen atoms in total. The molecule has 2 aliphatic rings. The van der Waals surface area contributed by atoms with Gasteiger partial charge in [0.25, 0.3) is 0 Å². The first-order valence-corrected chi connectivity index (χ1v) is 5.94. The van der Waals surface area contributed by atoms with Crippen LogP contribution >= 0.6 is 0 Å². The number of likely N-dealkylation sites (N-methyl/N-ethyl adjacent to an activating group) is 1. The van der Waals surface area contributed by atoms with Gasteiger partial charge in [-0.2, -0.15) is 0 Å². The number of hydrogen-bond donors (Lipinski definition) is 0. The Morgan fingerprint density at radius 3 is 3.07 bits per heavy atom. The van der Waals surface area contributed by atoms with Crippen LogP contribution in [0.4, 0.5) is 0 Å². The molecule has 0 radical (unpaired) electrons. The van der Waals surface area contributed by atoms with E-state index in [2.05, 4.69) is 23.0 Å². The van der Waals surface area contributed by atoms with Crippen molar-refractivity contribution in [1.82, 2.24) is 14.9 Å². The quantitative estimate of drug-likeness (QED) is 0.733. The molecule has 0 unspecified atom stereocenters. The maximum atomic E-state index is 4.72. The minimum Gasteiger partial charge on any atom is -0.297 e. The molecule has 1 saturated carbocycles. The summed E-state index contributed by atoms with van der Waals surface area (Å²) in [5, 5.41) is 0. The van der Waals surface area contributed by atoms with Crippen molar-refractivity contribution in [3.8, 4) is 0 Å². The Bertz CT molecular complexity index is 371. The molecule has 0 bridgehead atoms. The molecule has 0 atom stereocenters. The highest BCUT2D eigenvalue weighted by atomic mass is 15.1. The Labute approximate surface area is 90.5 Å². The fourth-order valence-corrected chi connectivity index (χ4v) is 2.18. The van der Waals surface area contributed by atoms with Crippen LogP contribution in [-0.4, -0.2) is 28.0 Å². The lowest BCUT2D eigenvalue weighted by Gasteiger charge is -2.26. The Morgan fingerprint density at radius 2 is 2.33 bits per heavy atom. The number of rotatable bonds is 2. The van der Waals surface area contributed by atoms with Crippen molar-refractivity contribution in [3.63, 3.8) is 0 Å². The van der Waals surface area contributed by atoms with Gasteiger partial charge in [0.2, 0.25) is 0 Å². The summed E-state index contributed by atoms with van der Waals surface area (Å²) in [5.41, 5.74) is 2.64. The van der Waals surface area contributed by atoms with Crippen LogP contribution in [0.3, 0.4) is 0 Å². The van der Waals surface area contributed by atoms with Crippen molar-refractivity contribution in [1.29, 1.82) is 0 Å². The first kappa shape index (κ1) is 9.28. The summed E-state index contributed by atoms with van der Waals surface area (Å²) in [5.74, 6) is 1.76. The van der Waals surface area contributed by atoms with Crippen molar-refractivity contribution < 1.29 is 0 Å². The largest absolute Gasteiger partial charge is 0.297 e. The Kier molecular flexibility index (Phi) is 2.20. The molecule has 1 aliphatic carbocycles. The van der Waals surface area contributed by atoms with E-state index in [-0.39, 0.29) is 0 Å². The van der Waals surface area contributed by atoms with Crippen LogP contribution in [0.25, 0.3) is 0 Å². The van der Waals surface area contributed by atoms with Crippen molar-refractivity contribution in [3.05, 3.63) is 23.3 Å². The highest BCUT2D eigenvalue weighted by Gasteiger charge is 2.28. The standard InChI is InChI=1S/C12H17N3/c1-2-15-6-5-10-7-13-12(9-3-4-9)14-11(10)8-15/h7,9H,2-6,8H2,1H3. The molecule has 80 valence electrons. The molecule has 1 fully saturated rings. The Balaban J connectivity index is 1.88. The van der Waals surface area contributed by atoms with E-state index in [0.717, 1.165) is 31.9 Å². The Hall–Kier alpha value is -0.960. The van der Waals surface area contributed by atoms with Crippen LogP contribution in [0.5, 0.6) is 0 Å². The maximum absolute atomic E-state index is 4.72. The van der Waals surface area contributed by atoms with Crippen molar-refractivity contribution in [2.45, 2.75) is 38.6 Å². The van der Waals surface area contributed by atoms with Crippen LogP contribution < -0.4 is 0 Å². The van der Waals surface area contributed by atoms with Gasteiger partial charge in [0.15, 0.2) is 0 Å². The molecular formula is C12H17N3. The molecule has 0 amide bonds. The van der Waals surface area contributed by atoms with Crippen LogP contribution in [0, 0.1) is 0 Å². The molecule has 0 spiro atoms. The van der Waals surface area contributed by atoms with Gasteiger partial charge in [0.05, 0.1) is 5.69 Å². The second-order valence-corrected chi connectivity index (χ2v) is 4.59. The summed E-state index contributed by atoms with van der Waals surface area (Å²) in [4.78, 5) is 11.6. The second-order valence-electron chi connectivity index (χ2n) is 4.59. The van der Waals surface area contributed by atoms with E-state index >= 15 is 0 Å². The molecule has 0 saturated heterocycles. The molecule has 0 N–H and O–H groups in total. The lowest BCUT2D eigenvalue weighted by Crippen LogP contribution is -2.31. The molecule has 3 rings (SSSR count). The molecule has 1 aromatic heterocycles. The van der Waals surface area contributed by atoms with E-state index < -0.39 is 0 Å². The van der Waals surface area contributed by atoms with E-state index in [4.69, 9.17) is 4.98 Å². The third-order valence-electron chi connectivity index (χ3n) is 3.43. The van der Waals surface area contributed by atoms with Gasteiger partial charge in [-0.1, -0.05) is 6.92 Å². The van der Waals surface area contributed by atoms with Gasteiger partial charge in [-0.3, -0.25) is 4.90 Å². The van der Waals surface area contributed by atoms with Gasteiger partial charge >= 0.3 is 0 Å². The molecule has 3 heteroatoms. The van der Waals surface area contributed by atoms with Gasteiger partial charge in [-0.25, -0.2) is 9.97 Å². The summed E-state index contributed by atoms with van der Waals surface area (Å²) in [6, 6.07) is 0. The second kappa shape index (κ2) is 3.56. The summed E-state index contributed by atoms with van der Waals surface area (Å²) < 4.78 is 0. The predicted octanol–water partition coefficient (Wildman–Crippen LogP) is 1.73. The van der Waals surface area contributed by atoms with Crippen LogP contribution in [0.15, 0.2) is 6.20 Å². The summed E-state index contributed by atoms with van der Waals surface area (Å²) in [6.07, 6.45) is 5.75. The smallest absolute Gasteiger partial charge is 0.131 e. The van der Waals surface area contributed by atoms with Gasteiger partial charge < -0.3 is 0 Å². The van der Waals surface area contributed by atoms with Crippen molar-refractivity contribution >= 4 is 0 Å². The number of hydrogen-bond acceptors (Lipinski definition) is 3. The van der Waals surface area contributed by atoms with Crippen LogP contribution in [-0.2, 0) is 13.0 Å². The SMILES string of the molecule is CCN1CCc2cnc(C3CC3)nc2C1. The van der Waals surface area contributed by atoms with Crippen LogP contribution in [0.2, 0.25) is 0 Å². The van der Waals surface area contributed by atoms with E-state index in [9.17, 15) is 0 Å². The third kappa shape index (κ3) is 1.76. The fourth-order valence-electron chi connectivity index (χ4n) is 2.18. The van der Waals surface area contributed by atoms with Gasteiger partial charge in [-0.15, -0.1) is 0 Å². The van der Waals surface area contributed by atoms with E-state index in [1.807, 2.05) is 0 Å². The van der Waals surface area contributed by atoms with Crippen molar-refractivity contribution in [2.24, 2.45) is 0 Å². The lowest BCUT2D eigenvalue weighted by atomic mass is 10.1. The average molecular weight is 203 g/mol. The first-order valence-electron chi connectivity index (χ1n) is 5.94. The van der Waals surface area contributed by atoms with E-state index in [0.29, 0.717) is 5.92 Å². The fraction of sp³-hybridized carbons (Fsp3) is 0.667. The molecule has 15 heavy (non-hydrogen) atoms. The zero-order valence-electron chi connectivity index (χ0n) is 9.24. The molecule has 1 aliphatic heterocycles. The predicted molar refractivity (Wildman–Crippen MR) is 58.7 cm³/mol. The number of nitrogens with zero attached hydrogens (tertiary/aromatic N) is 3. The van der Waals surface area contributed by atoms with Gasteiger partial charge in [-0.05, 0) is 31.4 Å². The minimum atomic E-state index is 0.673. The maximum Gasteiger partial charge on any atom is 0.131 e. The zero-order chi connectivity index (χ0) is 10.3. The minimum absolute atomic E-state index is 0.673. The average Bonchev–Trinajstić information content (AvgIpc) is 3.11. The summed E-state index contributed by atoms with van der Waals surface area (Å²) >= 11 is 0. The molecule has 1 aromatic rings. The first-order chi connectivity index (χ1) is 7.36. The van der Waals surface area contributed by atoms with Gasteiger partial charge in [0.1, 0.15) is 5.82 Å². The van der Waals surface area contributed by atoms with Gasteiger partial charge in [0, 0.05) is 25.2 Å². The molecule has 2 heterocycles. The zero-order valence-corrected chi connectivity index (χ0v) is 9.24. The molecular weight excluding hydrogens is 186 g/mol. The topological polar surface area (TPSA) is 29.0 Å². The number of aromatic nitrogens is 2. The summed E-state index contributed by atoms with van der Waals surface area (Å²) in [7, 11) is 0. The van der Waals surface area contributed by atoms with Crippen molar-refractivity contribution in [2.75, 3.05) is 13.1 Å². The molecule has 0 aromatic carbocycles. The third-order valence-corrected chi connectivity index (χ3v) is 3.43. The highest BCUT2D eigenvalue weighted by Crippen LogP contribution is 2.38. The van der Waals surface area contributed by atoms with E-state index in [1.165, 1.54) is 24.1 Å². The lowest BCUT2D eigenvalue weighted by molar-refractivity contribution is 0.263. The normalized spacial score (nSPS) is 21.4. The number of fused-ring (bicyclic) bond motifs is 1. The monoisotopic (exact) mass is 203 g/mol. The highest BCUT2D eigenvalue weighted by molar-refractivity contribution is 5.22. The summed E-state index contributed by atoms with van der Waals surface area (Å²) in [6.45, 7) is 5.53. The Morgan fingerprint density at radius 1 is 1.47 bits per heavy atom. The van der Waals surface area contributed by atoms with E-state index in [1.54, 1.807) is 0 Å². The van der Waals surface area contributed by atoms with Crippen LogP contribution in [0.1, 0.15) is 42.8 Å².